The van der Waals surface area contributed by atoms with Crippen LogP contribution in [0.1, 0.15) is 114 Å². The molecule has 92 heavy (non-hydrogen) atoms. The number of carbonyl (C=O) groups excluding carboxylic acids is 2. The smallest absolute Gasteiger partial charge is 0.335 e. The van der Waals surface area contributed by atoms with Crippen molar-refractivity contribution in [3.63, 3.8) is 0 Å². The quantitative estimate of drug-likeness (QED) is 0.0409. The molecule has 0 aromatic heterocycles. The fraction of sp³-hybridized carbons (Fsp3) is 0.919. The minimum Gasteiger partial charge on any atom is -0.479 e. The Balaban J connectivity index is 0.889. The molecule has 4 saturated carbocycles. The number of hydrogen-bond donors (Lipinski definition) is 15. The van der Waals surface area contributed by atoms with Gasteiger partial charge in [-0.1, -0.05) is 60.1 Å². The highest BCUT2D eigenvalue weighted by molar-refractivity contribution is 5.73. The van der Waals surface area contributed by atoms with Gasteiger partial charge in [0.25, 0.3) is 0 Å². The highest BCUT2D eigenvalue weighted by atomic mass is 16.8. The maximum Gasteiger partial charge on any atom is 0.335 e. The predicted molar refractivity (Wildman–Crippen MR) is 306 cm³/mol. The summed E-state index contributed by atoms with van der Waals surface area (Å²) >= 11 is 0. The fourth-order valence-corrected chi connectivity index (χ4v) is 18.3. The van der Waals surface area contributed by atoms with Gasteiger partial charge in [-0.3, -0.25) is 9.59 Å². The number of aliphatic hydroxyl groups is 14. The van der Waals surface area contributed by atoms with Gasteiger partial charge < -0.3 is 133 Å². The standard InChI is InChI=1S/C62H98O30/c1-24(66)83-44-29(69)22-82-54(48(44)84-25(2)67)88-43-28(68)21-81-52(42(43)77)92-50-49(78)57(3,4)18-27-26-10-11-33-59(6)14-13-34(60(7,23-65)32(59)12-15-62(33,9)61(26,8)17-16-58(27,50)5)87-56-47(40(75)39(74)45(89-56)51(79)80)91-55-46(38(73)36(71)31(20-64)86-55)90-53-41(76)37(72)35(70)30(19-63)85-53/h10,27-50,52-56,63-65,68-78H,11-23H2,1-9H3,(H,79,80)/t27-,28-,29+,30+,31+,32+,33+,34-,35+,36-,37-,38-,39-,40-,41+,42+,43-,44-,45-,46+,47+,48+,49-,50+,52+,53-,54-,55-,56+,58+,59+,60+,61-,62-/m0/s1. The first-order chi connectivity index (χ1) is 43.1. The molecule has 5 aliphatic carbocycles. The third kappa shape index (κ3) is 12.2. The maximum absolute atomic E-state index is 12.7. The Bertz CT molecular complexity index is 2650. The molecule has 0 radical (unpaired) electrons. The van der Waals surface area contributed by atoms with Crippen LogP contribution in [0.3, 0.4) is 0 Å². The zero-order valence-electron chi connectivity index (χ0n) is 53.3. The number of aliphatic hydroxyl groups excluding tert-OH is 14. The average Bonchev–Trinajstić information content (AvgIpc) is 0.675. The van der Waals surface area contributed by atoms with E-state index >= 15 is 0 Å². The van der Waals surface area contributed by atoms with Crippen LogP contribution in [0.4, 0.5) is 0 Å². The molecule has 30 heteroatoms. The van der Waals surface area contributed by atoms with Crippen molar-refractivity contribution in [2.24, 2.45) is 50.2 Å². The molecule has 0 amide bonds. The van der Waals surface area contributed by atoms with E-state index in [1.165, 1.54) is 5.57 Å². The van der Waals surface area contributed by atoms with E-state index in [1.807, 2.05) is 20.8 Å². The van der Waals surface area contributed by atoms with Crippen molar-refractivity contribution >= 4 is 17.9 Å². The Labute approximate surface area is 532 Å². The van der Waals surface area contributed by atoms with Crippen LogP contribution in [0.15, 0.2) is 11.6 Å². The summed E-state index contributed by atoms with van der Waals surface area (Å²) in [7, 11) is 0. The molecule has 10 aliphatic rings. The predicted octanol–water partition coefficient (Wildman–Crippen LogP) is -3.28. The third-order valence-electron chi connectivity index (χ3n) is 23.8. The minimum atomic E-state index is -2.17. The van der Waals surface area contributed by atoms with E-state index in [1.54, 1.807) is 0 Å². The summed E-state index contributed by atoms with van der Waals surface area (Å²) in [6, 6.07) is 0. The van der Waals surface area contributed by atoms with E-state index in [-0.39, 0.29) is 36.2 Å². The van der Waals surface area contributed by atoms with Gasteiger partial charge in [-0.2, -0.15) is 0 Å². The molecule has 526 valence electrons. The van der Waals surface area contributed by atoms with Crippen LogP contribution < -0.4 is 0 Å². The Morgan fingerprint density at radius 2 is 1.09 bits per heavy atom. The number of carbonyl (C=O) groups is 3. The zero-order valence-corrected chi connectivity index (χ0v) is 53.3. The molecule has 0 aromatic rings. The molecule has 9 fully saturated rings. The van der Waals surface area contributed by atoms with Gasteiger partial charge in [0.05, 0.1) is 51.3 Å². The summed E-state index contributed by atoms with van der Waals surface area (Å²) in [5.74, 6) is -3.66. The Morgan fingerprint density at radius 1 is 0.533 bits per heavy atom. The molecule has 30 nitrogen and oxygen atoms in total. The van der Waals surface area contributed by atoms with Gasteiger partial charge in [0.1, 0.15) is 91.6 Å². The first-order valence-electron chi connectivity index (χ1n) is 32.1. The van der Waals surface area contributed by atoms with Crippen LogP contribution in [0.25, 0.3) is 0 Å². The number of carboxylic acids is 1. The van der Waals surface area contributed by atoms with Gasteiger partial charge in [-0.15, -0.1) is 0 Å². The molecule has 15 N–H and O–H groups in total. The number of esters is 2. The van der Waals surface area contributed by atoms with E-state index in [0.717, 1.165) is 13.8 Å². The first-order valence-corrected chi connectivity index (χ1v) is 32.1. The van der Waals surface area contributed by atoms with E-state index in [2.05, 4.69) is 33.8 Å². The Morgan fingerprint density at radius 3 is 1.70 bits per heavy atom. The monoisotopic (exact) mass is 1320 g/mol. The molecule has 5 aliphatic heterocycles. The molecule has 0 spiro atoms. The Kier molecular flexibility index (Phi) is 21.0. The molecule has 5 heterocycles. The van der Waals surface area contributed by atoms with Gasteiger partial charge in [-0.05, 0) is 90.8 Å². The number of fused-ring (bicyclic) bond motifs is 7. The van der Waals surface area contributed by atoms with Gasteiger partial charge in [-0.25, -0.2) is 4.79 Å². The lowest BCUT2D eigenvalue weighted by Crippen LogP contribution is -2.69. The summed E-state index contributed by atoms with van der Waals surface area (Å²) in [4.78, 5) is 37.0. The summed E-state index contributed by atoms with van der Waals surface area (Å²) in [6.45, 7) is 14.0. The van der Waals surface area contributed by atoms with Gasteiger partial charge in [0.15, 0.2) is 49.8 Å². The molecule has 0 unspecified atom stereocenters. The number of allylic oxidation sites excluding steroid dienone is 2. The van der Waals surface area contributed by atoms with Crippen molar-refractivity contribution in [1.82, 2.24) is 0 Å². The van der Waals surface area contributed by atoms with Crippen molar-refractivity contribution in [3.8, 4) is 0 Å². The minimum absolute atomic E-state index is 0.0175. The van der Waals surface area contributed by atoms with Crippen LogP contribution in [-0.4, -0.2) is 287 Å². The first kappa shape index (κ1) is 71.9. The average molecular weight is 1320 g/mol. The molecule has 0 aromatic carbocycles. The number of aliphatic carboxylic acids is 1. The van der Waals surface area contributed by atoms with Crippen molar-refractivity contribution in [1.29, 1.82) is 0 Å². The molecule has 34 atom stereocenters. The van der Waals surface area contributed by atoms with Gasteiger partial charge in [0, 0.05) is 24.7 Å². The number of hydrogen-bond acceptors (Lipinski definition) is 29. The van der Waals surface area contributed by atoms with Gasteiger partial charge in [0.2, 0.25) is 0 Å². The normalized spacial score (nSPS) is 52.6. The second-order valence-corrected chi connectivity index (χ2v) is 29.5. The molecular weight excluding hydrogens is 1220 g/mol. The SMILES string of the molecule is CC(=O)O[C@@H]1[C@@H](OC(C)=O)[C@H](O[C@@H]2[C@@H](O)[C@@H](O[C@@H]3[C@H](O)C(C)(C)C[C@H]4C5=CC[C@@H]6[C@]7(C)CC[C@H](O[C@@H]8O[C@H](C(=O)O)[C@@H](O)[C@H](O)[C@H]8O[C@@H]8O[C@H](CO)[C@H](O)[C@H](O)[C@H]8O[C@@H]8O[C@H](CO)[C@@H](O)[C@H](O)[C@H]8O)[C@](C)(CO)[C@@H]7CC[C@]6(C)[C@@]5(C)CC[C@@]34C)OC[C@@H]2O)OC[C@H]1O. The summed E-state index contributed by atoms with van der Waals surface area (Å²) in [5.41, 5.74) is -2.64. The Hall–Kier alpha value is -2.81. The number of rotatable bonds is 16. The van der Waals surface area contributed by atoms with Gasteiger partial charge >= 0.3 is 17.9 Å². The van der Waals surface area contributed by atoms with Crippen LogP contribution in [0.2, 0.25) is 0 Å². The maximum atomic E-state index is 12.7. The van der Waals surface area contributed by atoms with Crippen molar-refractivity contribution in [3.05, 3.63) is 11.6 Å². The van der Waals surface area contributed by atoms with E-state index in [4.69, 9.17) is 56.8 Å². The molecule has 10 rings (SSSR count). The largest absolute Gasteiger partial charge is 0.479 e. The van der Waals surface area contributed by atoms with Crippen LogP contribution >= 0.6 is 0 Å². The number of carboxylic acid groups (broad SMARTS) is 1. The second-order valence-electron chi connectivity index (χ2n) is 29.5. The summed E-state index contributed by atoms with van der Waals surface area (Å²) in [5, 5.41) is 166. The third-order valence-corrected chi connectivity index (χ3v) is 23.8. The highest BCUT2D eigenvalue weighted by Crippen LogP contribution is 2.76. The molecular formula is C62H98O30. The van der Waals surface area contributed by atoms with Crippen LogP contribution in [0.5, 0.6) is 0 Å². The second kappa shape index (κ2) is 26.8. The van der Waals surface area contributed by atoms with Crippen LogP contribution in [-0.2, 0) is 71.2 Å². The zero-order chi connectivity index (χ0) is 67.4. The molecule has 0 bridgehead atoms. The van der Waals surface area contributed by atoms with E-state index in [0.29, 0.717) is 44.9 Å². The lowest BCUT2D eigenvalue weighted by Gasteiger charge is -2.72. The van der Waals surface area contributed by atoms with Crippen molar-refractivity contribution < 1.29 is 148 Å². The number of ether oxygens (including phenoxy) is 12. The van der Waals surface area contributed by atoms with Crippen molar-refractivity contribution in [2.75, 3.05) is 33.0 Å². The van der Waals surface area contributed by atoms with Crippen LogP contribution in [0, 0.1) is 50.2 Å². The van der Waals surface area contributed by atoms with E-state index < -0.39 is 231 Å². The van der Waals surface area contributed by atoms with Crippen molar-refractivity contribution in [2.45, 2.75) is 273 Å². The summed E-state index contributed by atoms with van der Waals surface area (Å²) < 4.78 is 71.6. The van der Waals surface area contributed by atoms with E-state index in [9.17, 15) is 91.0 Å². The lowest BCUT2D eigenvalue weighted by atomic mass is 9.33. The molecule has 5 saturated heterocycles. The summed E-state index contributed by atoms with van der Waals surface area (Å²) in [6.07, 6.45) is -36.9. The topological polar surface area (TPSA) is 465 Å². The fourth-order valence-electron chi connectivity index (χ4n) is 18.3. The highest BCUT2D eigenvalue weighted by Gasteiger charge is 2.71. The lowest BCUT2D eigenvalue weighted by molar-refractivity contribution is -0.397.